The molecule has 4 rings (SSSR count). The van der Waals surface area contributed by atoms with E-state index in [1.165, 1.54) is 33.5 Å². The normalized spacial score (nSPS) is 14.4. The zero-order valence-electron chi connectivity index (χ0n) is 25.7. The summed E-state index contributed by atoms with van der Waals surface area (Å²) >= 11 is 0. The Balaban J connectivity index is 1.53. The van der Waals surface area contributed by atoms with E-state index < -0.39 is 22.0 Å². The molecule has 2 amide bonds. The number of carbonyl (C=O) groups is 2. The minimum Gasteiger partial charge on any atom is -0.497 e. The van der Waals surface area contributed by atoms with Gasteiger partial charge in [-0.3, -0.25) is 9.59 Å². The molecule has 45 heavy (non-hydrogen) atoms. The SMILES string of the molecule is CCOCCCNC(=O)[C@@H](c1ccccc1)N(Cc1ccc(OC)cc1)C(=O)COc1ccc(S(=O)(=O)N2CCOCC2)cc1. The average molecular weight is 640 g/mol. The maximum Gasteiger partial charge on any atom is 0.261 e. The van der Waals surface area contributed by atoms with Gasteiger partial charge < -0.3 is 29.2 Å². The van der Waals surface area contributed by atoms with Crippen LogP contribution in [-0.4, -0.2) is 89.2 Å². The van der Waals surface area contributed by atoms with Crippen LogP contribution in [0.15, 0.2) is 83.8 Å². The summed E-state index contributed by atoms with van der Waals surface area (Å²) in [7, 11) is -2.09. The molecule has 1 atom stereocenters. The zero-order chi connectivity index (χ0) is 32.1. The standard InChI is InChI=1S/C33H41N3O8S/c1-3-42-21-7-18-34-33(38)32(27-8-5-4-6-9-27)36(24-26-10-12-28(41-2)13-11-26)31(37)25-44-29-14-16-30(17-15-29)45(39,40)35-19-22-43-23-20-35/h4-6,8-17,32H,3,7,18-25H2,1-2H3,(H,34,38)/t32-/m1/s1. The summed E-state index contributed by atoms with van der Waals surface area (Å²) in [4.78, 5) is 29.2. The van der Waals surface area contributed by atoms with Gasteiger partial charge in [0.1, 0.15) is 17.5 Å². The molecule has 12 heteroatoms. The van der Waals surface area contributed by atoms with E-state index in [4.69, 9.17) is 18.9 Å². The molecular weight excluding hydrogens is 598 g/mol. The monoisotopic (exact) mass is 639 g/mol. The third kappa shape index (κ3) is 9.51. The van der Waals surface area contributed by atoms with Crippen molar-refractivity contribution in [1.29, 1.82) is 0 Å². The summed E-state index contributed by atoms with van der Waals surface area (Å²) in [5.74, 6) is 0.252. The molecule has 11 nitrogen and oxygen atoms in total. The van der Waals surface area contributed by atoms with E-state index in [0.29, 0.717) is 69.5 Å². The van der Waals surface area contributed by atoms with Gasteiger partial charge in [-0.1, -0.05) is 42.5 Å². The smallest absolute Gasteiger partial charge is 0.261 e. The van der Waals surface area contributed by atoms with Crippen molar-refractivity contribution < 1.29 is 37.0 Å². The van der Waals surface area contributed by atoms with Crippen LogP contribution in [0, 0.1) is 0 Å². The predicted molar refractivity (Wildman–Crippen MR) is 168 cm³/mol. The second-order valence-corrected chi connectivity index (χ2v) is 12.2. The van der Waals surface area contributed by atoms with E-state index in [9.17, 15) is 18.0 Å². The third-order valence-corrected chi connectivity index (χ3v) is 9.18. The van der Waals surface area contributed by atoms with Gasteiger partial charge in [-0.2, -0.15) is 4.31 Å². The molecule has 1 saturated heterocycles. The number of nitrogens with zero attached hydrogens (tertiary/aromatic N) is 2. The van der Waals surface area contributed by atoms with Crippen LogP contribution in [0.2, 0.25) is 0 Å². The highest BCUT2D eigenvalue weighted by atomic mass is 32.2. The van der Waals surface area contributed by atoms with E-state index in [-0.39, 0.29) is 24.0 Å². The number of amides is 2. The number of benzene rings is 3. The fraction of sp³-hybridized carbons (Fsp3) is 0.394. The van der Waals surface area contributed by atoms with Crippen LogP contribution in [0.5, 0.6) is 11.5 Å². The Morgan fingerprint density at radius 3 is 2.27 bits per heavy atom. The van der Waals surface area contributed by atoms with Gasteiger partial charge >= 0.3 is 0 Å². The molecule has 1 N–H and O–H groups in total. The number of methoxy groups -OCH3 is 1. The molecule has 1 aliphatic heterocycles. The fourth-order valence-corrected chi connectivity index (χ4v) is 6.27. The predicted octanol–water partition coefficient (Wildman–Crippen LogP) is 3.41. The van der Waals surface area contributed by atoms with Crippen molar-refractivity contribution in [3.63, 3.8) is 0 Å². The summed E-state index contributed by atoms with van der Waals surface area (Å²) in [6.07, 6.45) is 0.633. The molecule has 0 aromatic heterocycles. The number of rotatable bonds is 16. The Labute approximate surface area is 265 Å². The lowest BCUT2D eigenvalue weighted by Gasteiger charge is -2.31. The van der Waals surface area contributed by atoms with E-state index in [2.05, 4.69) is 5.32 Å². The maximum atomic E-state index is 13.9. The summed E-state index contributed by atoms with van der Waals surface area (Å²) in [5.41, 5.74) is 1.45. The van der Waals surface area contributed by atoms with Gasteiger partial charge in [0.2, 0.25) is 15.9 Å². The summed E-state index contributed by atoms with van der Waals surface area (Å²) in [6, 6.07) is 21.4. The molecule has 1 fully saturated rings. The van der Waals surface area contributed by atoms with Crippen molar-refractivity contribution in [3.05, 3.63) is 90.0 Å². The first-order chi connectivity index (χ1) is 21.8. The Morgan fingerprint density at radius 1 is 0.956 bits per heavy atom. The van der Waals surface area contributed by atoms with Crippen molar-refractivity contribution in [1.82, 2.24) is 14.5 Å². The molecule has 1 heterocycles. The molecule has 3 aromatic carbocycles. The fourth-order valence-electron chi connectivity index (χ4n) is 4.86. The quantitative estimate of drug-likeness (QED) is 0.237. The largest absolute Gasteiger partial charge is 0.497 e. The van der Waals surface area contributed by atoms with Crippen LogP contribution in [0.4, 0.5) is 0 Å². The van der Waals surface area contributed by atoms with Crippen molar-refractivity contribution >= 4 is 21.8 Å². The molecule has 0 unspecified atom stereocenters. The van der Waals surface area contributed by atoms with Gasteiger partial charge in [-0.05, 0) is 60.9 Å². The molecule has 0 aliphatic carbocycles. The van der Waals surface area contributed by atoms with Crippen LogP contribution in [0.1, 0.15) is 30.5 Å². The Morgan fingerprint density at radius 2 is 1.62 bits per heavy atom. The van der Waals surface area contributed by atoms with Gasteiger partial charge in [0, 0.05) is 39.4 Å². The highest BCUT2D eigenvalue weighted by molar-refractivity contribution is 7.89. The van der Waals surface area contributed by atoms with Crippen LogP contribution in [0.3, 0.4) is 0 Å². The minimum absolute atomic E-state index is 0.134. The second kappa shape index (κ2) is 16.9. The first kappa shape index (κ1) is 33.9. The lowest BCUT2D eigenvalue weighted by Crippen LogP contribution is -2.45. The third-order valence-electron chi connectivity index (χ3n) is 7.27. The first-order valence-electron chi connectivity index (χ1n) is 15.0. The number of ether oxygens (including phenoxy) is 4. The van der Waals surface area contributed by atoms with Gasteiger partial charge in [0.15, 0.2) is 6.61 Å². The Kier molecular flexibility index (Phi) is 12.8. The van der Waals surface area contributed by atoms with Gasteiger partial charge in [0.25, 0.3) is 5.91 Å². The van der Waals surface area contributed by atoms with Gasteiger partial charge in [-0.25, -0.2) is 8.42 Å². The number of sulfonamides is 1. The summed E-state index contributed by atoms with van der Waals surface area (Å²) in [5, 5.41) is 2.96. The molecule has 0 spiro atoms. The number of morpholine rings is 1. The first-order valence-corrected chi connectivity index (χ1v) is 16.4. The van der Waals surface area contributed by atoms with Crippen molar-refractivity contribution in [2.75, 3.05) is 59.8 Å². The zero-order valence-corrected chi connectivity index (χ0v) is 26.5. The van der Waals surface area contributed by atoms with Crippen molar-refractivity contribution in [2.24, 2.45) is 0 Å². The van der Waals surface area contributed by atoms with E-state index in [1.807, 2.05) is 49.4 Å². The molecule has 0 radical (unpaired) electrons. The minimum atomic E-state index is -3.67. The lowest BCUT2D eigenvalue weighted by molar-refractivity contribution is -0.143. The second-order valence-electron chi connectivity index (χ2n) is 10.3. The number of hydrogen-bond acceptors (Lipinski definition) is 8. The highest BCUT2D eigenvalue weighted by Crippen LogP contribution is 2.26. The molecule has 1 aliphatic rings. The van der Waals surface area contributed by atoms with Gasteiger partial charge in [-0.15, -0.1) is 0 Å². The molecule has 0 saturated carbocycles. The van der Waals surface area contributed by atoms with Crippen LogP contribution in [-0.2, 0) is 35.6 Å². The molecule has 242 valence electrons. The van der Waals surface area contributed by atoms with E-state index >= 15 is 0 Å². The molecular formula is C33H41N3O8S. The highest BCUT2D eigenvalue weighted by Gasteiger charge is 2.32. The van der Waals surface area contributed by atoms with E-state index in [0.717, 1.165) is 5.56 Å². The summed E-state index contributed by atoms with van der Waals surface area (Å²) < 4.78 is 49.1. The topological polar surface area (TPSA) is 124 Å². The van der Waals surface area contributed by atoms with Crippen LogP contribution in [0.25, 0.3) is 0 Å². The van der Waals surface area contributed by atoms with E-state index in [1.54, 1.807) is 19.2 Å². The lowest BCUT2D eigenvalue weighted by atomic mass is 10.0. The Bertz CT molecular complexity index is 1460. The number of nitrogens with one attached hydrogen (secondary N) is 1. The summed E-state index contributed by atoms with van der Waals surface area (Å²) in [6.45, 7) is 4.47. The molecule has 0 bridgehead atoms. The average Bonchev–Trinajstić information content (AvgIpc) is 3.08. The van der Waals surface area contributed by atoms with Crippen molar-refractivity contribution in [3.8, 4) is 11.5 Å². The maximum absolute atomic E-state index is 13.9. The number of carbonyl (C=O) groups excluding carboxylic acids is 2. The molecule has 3 aromatic rings. The van der Waals surface area contributed by atoms with Crippen LogP contribution >= 0.6 is 0 Å². The van der Waals surface area contributed by atoms with Crippen molar-refractivity contribution in [2.45, 2.75) is 30.8 Å². The van der Waals surface area contributed by atoms with Crippen LogP contribution < -0.4 is 14.8 Å². The number of hydrogen-bond donors (Lipinski definition) is 1. The van der Waals surface area contributed by atoms with Gasteiger partial charge in [0.05, 0.1) is 25.2 Å². The Hall–Kier alpha value is -3.97.